The first kappa shape index (κ1) is 21.4. The molecule has 0 aliphatic rings. The van der Waals surface area contributed by atoms with Gasteiger partial charge in [0, 0.05) is 11.3 Å². The molecule has 0 radical (unpaired) electrons. The van der Waals surface area contributed by atoms with Crippen LogP contribution in [-0.2, 0) is 0 Å². The molecule has 0 heterocycles. The second-order valence-electron chi connectivity index (χ2n) is 6.38. The lowest BCUT2D eigenvalue weighted by atomic mass is 10.1. The van der Waals surface area contributed by atoms with Crippen LogP contribution in [0.15, 0.2) is 66.7 Å². The molecule has 0 bridgehead atoms. The highest BCUT2D eigenvalue weighted by Crippen LogP contribution is 2.29. The first-order chi connectivity index (χ1) is 14.9. The Labute approximate surface area is 178 Å². The van der Waals surface area contributed by atoms with E-state index in [4.69, 9.17) is 9.47 Å². The van der Waals surface area contributed by atoms with Gasteiger partial charge in [0.1, 0.15) is 17.1 Å². The summed E-state index contributed by atoms with van der Waals surface area (Å²) < 4.78 is 10.5. The third-order valence-electron chi connectivity index (χ3n) is 4.44. The first-order valence-corrected chi connectivity index (χ1v) is 9.20. The highest BCUT2D eigenvalue weighted by Gasteiger charge is 2.19. The third kappa shape index (κ3) is 4.81. The number of ether oxygens (including phenoxy) is 2. The lowest BCUT2D eigenvalue weighted by Crippen LogP contribution is -2.17. The van der Waals surface area contributed by atoms with Crippen molar-refractivity contribution in [1.29, 1.82) is 0 Å². The van der Waals surface area contributed by atoms with Crippen LogP contribution >= 0.6 is 0 Å². The highest BCUT2D eigenvalue weighted by atomic mass is 16.5. The van der Waals surface area contributed by atoms with Crippen molar-refractivity contribution in [3.05, 3.63) is 83.4 Å². The Morgan fingerprint density at radius 3 is 2.06 bits per heavy atom. The lowest BCUT2D eigenvalue weighted by Gasteiger charge is -2.13. The number of aromatic carboxylic acids is 1. The molecule has 0 aliphatic carbocycles. The standard InChI is InChI=1S/C23H20N2O6/c1-30-18-11-6-12-19(31-2)20(18)22(27)24-15-8-5-7-14(13-15)21(26)25-17-10-4-3-9-16(17)23(28)29/h3-13H,1-2H3,(H,24,27)(H,25,26)(H,28,29). The van der Waals surface area contributed by atoms with Gasteiger partial charge >= 0.3 is 5.97 Å². The number of para-hydroxylation sites is 1. The molecule has 0 aliphatic heterocycles. The number of anilines is 2. The smallest absolute Gasteiger partial charge is 0.337 e. The van der Waals surface area contributed by atoms with Gasteiger partial charge in [0.15, 0.2) is 0 Å². The highest BCUT2D eigenvalue weighted by molar-refractivity contribution is 6.10. The van der Waals surface area contributed by atoms with Crippen LogP contribution in [0.1, 0.15) is 31.1 Å². The number of benzene rings is 3. The molecule has 0 saturated heterocycles. The van der Waals surface area contributed by atoms with E-state index in [0.717, 1.165) is 0 Å². The van der Waals surface area contributed by atoms with E-state index < -0.39 is 17.8 Å². The van der Waals surface area contributed by atoms with Crippen LogP contribution in [0.3, 0.4) is 0 Å². The molecule has 8 nitrogen and oxygen atoms in total. The number of carbonyl (C=O) groups excluding carboxylic acids is 2. The van der Waals surface area contributed by atoms with Crippen LogP contribution in [0.4, 0.5) is 11.4 Å². The molecule has 3 N–H and O–H groups in total. The van der Waals surface area contributed by atoms with Crippen LogP contribution in [0, 0.1) is 0 Å². The second-order valence-corrected chi connectivity index (χ2v) is 6.38. The number of carboxylic acid groups (broad SMARTS) is 1. The van der Waals surface area contributed by atoms with Crippen LogP contribution in [0.2, 0.25) is 0 Å². The number of carboxylic acids is 1. The molecule has 3 aromatic carbocycles. The van der Waals surface area contributed by atoms with E-state index in [1.54, 1.807) is 48.5 Å². The number of methoxy groups -OCH3 is 2. The summed E-state index contributed by atoms with van der Waals surface area (Å²) >= 11 is 0. The molecule has 31 heavy (non-hydrogen) atoms. The molecular weight excluding hydrogens is 400 g/mol. The minimum Gasteiger partial charge on any atom is -0.496 e. The van der Waals surface area contributed by atoms with Gasteiger partial charge < -0.3 is 25.2 Å². The van der Waals surface area contributed by atoms with Gasteiger partial charge in [-0.05, 0) is 42.5 Å². The molecule has 158 valence electrons. The summed E-state index contributed by atoms with van der Waals surface area (Å²) in [4.78, 5) is 36.8. The van der Waals surface area contributed by atoms with E-state index in [-0.39, 0.29) is 22.4 Å². The fourth-order valence-electron chi connectivity index (χ4n) is 2.98. The molecule has 0 saturated carbocycles. The van der Waals surface area contributed by atoms with Crippen molar-refractivity contribution in [1.82, 2.24) is 0 Å². The van der Waals surface area contributed by atoms with Gasteiger partial charge in [-0.1, -0.05) is 24.3 Å². The fraction of sp³-hybridized carbons (Fsp3) is 0.0870. The largest absolute Gasteiger partial charge is 0.496 e. The van der Waals surface area contributed by atoms with Gasteiger partial charge in [0.25, 0.3) is 11.8 Å². The van der Waals surface area contributed by atoms with Crippen molar-refractivity contribution in [2.24, 2.45) is 0 Å². The topological polar surface area (TPSA) is 114 Å². The molecule has 0 aromatic heterocycles. The maximum Gasteiger partial charge on any atom is 0.337 e. The van der Waals surface area contributed by atoms with Crippen LogP contribution in [0.5, 0.6) is 11.5 Å². The van der Waals surface area contributed by atoms with Gasteiger partial charge in [-0.3, -0.25) is 9.59 Å². The molecule has 0 unspecified atom stereocenters. The number of hydrogen-bond donors (Lipinski definition) is 3. The molecular formula is C23H20N2O6. The maximum absolute atomic E-state index is 12.8. The van der Waals surface area contributed by atoms with E-state index in [1.165, 1.54) is 32.4 Å². The quantitative estimate of drug-likeness (QED) is 0.534. The van der Waals surface area contributed by atoms with Crippen molar-refractivity contribution < 1.29 is 29.0 Å². The Balaban J connectivity index is 1.82. The predicted molar refractivity (Wildman–Crippen MR) is 115 cm³/mol. The molecule has 8 heteroatoms. The summed E-state index contributed by atoms with van der Waals surface area (Å²) in [5, 5.41) is 14.6. The number of carbonyl (C=O) groups is 3. The average molecular weight is 420 g/mol. The van der Waals surface area contributed by atoms with Crippen molar-refractivity contribution in [2.75, 3.05) is 24.9 Å². The summed E-state index contributed by atoms with van der Waals surface area (Å²) in [6, 6.07) is 17.3. The predicted octanol–water partition coefficient (Wildman–Crippen LogP) is 3.91. The summed E-state index contributed by atoms with van der Waals surface area (Å²) in [5.74, 6) is -1.45. The summed E-state index contributed by atoms with van der Waals surface area (Å²) in [5.41, 5.74) is 0.983. The number of nitrogens with one attached hydrogen (secondary N) is 2. The summed E-state index contributed by atoms with van der Waals surface area (Å²) in [6.07, 6.45) is 0. The molecule has 3 aromatic rings. The van der Waals surface area contributed by atoms with Crippen LogP contribution in [0.25, 0.3) is 0 Å². The molecule has 3 rings (SSSR count). The van der Waals surface area contributed by atoms with E-state index >= 15 is 0 Å². The third-order valence-corrected chi connectivity index (χ3v) is 4.44. The van der Waals surface area contributed by atoms with Crippen molar-refractivity contribution in [2.45, 2.75) is 0 Å². The number of rotatable bonds is 7. The monoisotopic (exact) mass is 420 g/mol. The summed E-state index contributed by atoms with van der Waals surface area (Å²) in [6.45, 7) is 0. The first-order valence-electron chi connectivity index (χ1n) is 9.20. The normalized spacial score (nSPS) is 10.1. The van der Waals surface area contributed by atoms with E-state index in [0.29, 0.717) is 17.2 Å². The minimum atomic E-state index is -1.15. The zero-order valence-electron chi connectivity index (χ0n) is 16.8. The van der Waals surface area contributed by atoms with Gasteiger partial charge in [0.2, 0.25) is 0 Å². The zero-order chi connectivity index (χ0) is 22.4. The van der Waals surface area contributed by atoms with Gasteiger partial charge in [-0.15, -0.1) is 0 Å². The molecule has 0 spiro atoms. The Morgan fingerprint density at radius 1 is 0.774 bits per heavy atom. The van der Waals surface area contributed by atoms with Crippen LogP contribution < -0.4 is 20.1 Å². The van der Waals surface area contributed by atoms with Crippen molar-refractivity contribution in [3.8, 4) is 11.5 Å². The fourth-order valence-corrected chi connectivity index (χ4v) is 2.98. The second kappa shape index (κ2) is 9.45. The van der Waals surface area contributed by atoms with Gasteiger partial charge in [0.05, 0.1) is 25.5 Å². The Hall–Kier alpha value is -4.33. The Bertz CT molecular complexity index is 1120. The number of amides is 2. The van der Waals surface area contributed by atoms with Gasteiger partial charge in [-0.2, -0.15) is 0 Å². The van der Waals surface area contributed by atoms with Crippen molar-refractivity contribution >= 4 is 29.2 Å². The Kier molecular flexibility index (Phi) is 6.51. The average Bonchev–Trinajstić information content (AvgIpc) is 2.78. The van der Waals surface area contributed by atoms with E-state index in [2.05, 4.69) is 10.6 Å². The Morgan fingerprint density at radius 2 is 1.42 bits per heavy atom. The van der Waals surface area contributed by atoms with Crippen molar-refractivity contribution in [3.63, 3.8) is 0 Å². The molecule has 2 amide bonds. The minimum absolute atomic E-state index is 0.0245. The summed E-state index contributed by atoms with van der Waals surface area (Å²) in [7, 11) is 2.90. The number of hydrogen-bond acceptors (Lipinski definition) is 5. The van der Waals surface area contributed by atoms with Crippen LogP contribution in [-0.4, -0.2) is 37.1 Å². The van der Waals surface area contributed by atoms with E-state index in [1.807, 2.05) is 0 Å². The molecule has 0 atom stereocenters. The SMILES string of the molecule is COc1cccc(OC)c1C(=O)Nc1cccc(C(=O)Nc2ccccc2C(=O)O)c1. The maximum atomic E-state index is 12.8. The molecule has 0 fully saturated rings. The lowest BCUT2D eigenvalue weighted by molar-refractivity contribution is 0.0697. The van der Waals surface area contributed by atoms with E-state index in [9.17, 15) is 19.5 Å². The van der Waals surface area contributed by atoms with Gasteiger partial charge in [-0.25, -0.2) is 4.79 Å². The zero-order valence-corrected chi connectivity index (χ0v) is 16.8.